The lowest BCUT2D eigenvalue weighted by molar-refractivity contribution is -0.135. The van der Waals surface area contributed by atoms with Crippen molar-refractivity contribution in [2.24, 2.45) is 0 Å². The number of benzene rings is 2. The fourth-order valence-corrected chi connectivity index (χ4v) is 3.38. The molecular weight excluding hydrogens is 352 g/mol. The van der Waals surface area contributed by atoms with Crippen LogP contribution in [0.15, 0.2) is 24.3 Å². The molecule has 2 aromatic rings. The fourth-order valence-electron chi connectivity index (χ4n) is 3.38. The summed E-state index contributed by atoms with van der Waals surface area (Å²) in [6.07, 6.45) is 0.140. The minimum atomic E-state index is -0.348. The number of esters is 1. The number of carbonyl (C=O) groups is 1. The summed E-state index contributed by atoms with van der Waals surface area (Å²) in [5, 5.41) is 0. The topological polar surface area (TPSA) is 72.5 Å². The third-order valence-corrected chi connectivity index (χ3v) is 4.59. The quantitative estimate of drug-likeness (QED) is 0.568. The summed E-state index contributed by atoms with van der Waals surface area (Å²) < 4.78 is 32.7. The molecule has 1 aliphatic heterocycles. The Hall–Kier alpha value is -3.09. The van der Waals surface area contributed by atoms with E-state index in [9.17, 15) is 4.79 Å². The van der Waals surface area contributed by atoms with E-state index in [0.717, 1.165) is 5.56 Å². The van der Waals surface area contributed by atoms with E-state index in [1.165, 1.54) is 21.3 Å². The third kappa shape index (κ3) is 3.20. The Morgan fingerprint density at radius 2 is 1.56 bits per heavy atom. The summed E-state index contributed by atoms with van der Waals surface area (Å²) in [4.78, 5) is 12.3. The lowest BCUT2D eigenvalue weighted by atomic mass is 9.84. The van der Waals surface area contributed by atoms with Crippen molar-refractivity contribution in [2.75, 3.05) is 35.5 Å². The molecule has 0 amide bonds. The fraction of sp³-hybridized carbons (Fsp3) is 0.350. The van der Waals surface area contributed by atoms with Gasteiger partial charge in [-0.15, -0.1) is 0 Å². The van der Waals surface area contributed by atoms with Gasteiger partial charge in [0.25, 0.3) is 0 Å². The molecule has 1 unspecified atom stereocenters. The highest BCUT2D eigenvalue weighted by atomic mass is 16.5. The molecule has 0 saturated heterocycles. The van der Waals surface area contributed by atoms with Gasteiger partial charge in [0.1, 0.15) is 17.2 Å². The van der Waals surface area contributed by atoms with E-state index in [2.05, 4.69) is 0 Å². The minimum Gasteiger partial charge on any atom is -0.497 e. The molecule has 0 radical (unpaired) electrons. The van der Waals surface area contributed by atoms with Crippen molar-refractivity contribution in [2.45, 2.75) is 12.3 Å². The van der Waals surface area contributed by atoms with Gasteiger partial charge in [-0.25, -0.2) is 0 Å². The van der Waals surface area contributed by atoms with Crippen LogP contribution < -0.4 is 28.4 Å². The normalized spacial score (nSPS) is 15.4. The standard InChI is InChI=1S/C20H22O7/c1-22-11-6-7-12(14(8-11)23-2)13-9-17(21)27-15-10-16(24-3)19(25-4)20(26-5)18(13)15/h6-8,10,13H,9H2,1-5H3. The second-order valence-electron chi connectivity index (χ2n) is 5.90. The predicted octanol–water partition coefficient (Wildman–Crippen LogP) is 3.17. The van der Waals surface area contributed by atoms with Gasteiger partial charge in [0.2, 0.25) is 5.75 Å². The maximum Gasteiger partial charge on any atom is 0.312 e. The first kappa shape index (κ1) is 18.7. The van der Waals surface area contributed by atoms with Crippen molar-refractivity contribution >= 4 is 5.97 Å². The Morgan fingerprint density at radius 1 is 0.852 bits per heavy atom. The lowest BCUT2D eigenvalue weighted by Crippen LogP contribution is -2.22. The van der Waals surface area contributed by atoms with Crippen molar-refractivity contribution in [3.63, 3.8) is 0 Å². The second kappa shape index (κ2) is 7.65. The van der Waals surface area contributed by atoms with E-state index in [1.54, 1.807) is 26.4 Å². The lowest BCUT2D eigenvalue weighted by Gasteiger charge is -2.29. The molecule has 0 N–H and O–H groups in total. The van der Waals surface area contributed by atoms with Crippen LogP contribution in [0.2, 0.25) is 0 Å². The number of carbonyl (C=O) groups excluding carboxylic acids is 1. The first-order valence-corrected chi connectivity index (χ1v) is 8.33. The van der Waals surface area contributed by atoms with E-state index < -0.39 is 0 Å². The first-order valence-electron chi connectivity index (χ1n) is 8.33. The Morgan fingerprint density at radius 3 is 2.15 bits per heavy atom. The molecule has 0 bridgehead atoms. The predicted molar refractivity (Wildman–Crippen MR) is 97.7 cm³/mol. The van der Waals surface area contributed by atoms with E-state index >= 15 is 0 Å². The number of fused-ring (bicyclic) bond motifs is 1. The maximum absolute atomic E-state index is 12.3. The number of methoxy groups -OCH3 is 5. The molecule has 7 heteroatoms. The average molecular weight is 374 g/mol. The number of ether oxygens (including phenoxy) is 6. The molecule has 7 nitrogen and oxygen atoms in total. The SMILES string of the molecule is COc1ccc(C2CC(=O)Oc3cc(OC)c(OC)c(OC)c32)c(OC)c1. The summed E-state index contributed by atoms with van der Waals surface area (Å²) >= 11 is 0. The number of rotatable bonds is 6. The van der Waals surface area contributed by atoms with Gasteiger partial charge in [0, 0.05) is 29.2 Å². The zero-order valence-corrected chi connectivity index (χ0v) is 16.0. The smallest absolute Gasteiger partial charge is 0.312 e. The average Bonchev–Trinajstić information content (AvgIpc) is 2.70. The number of hydrogen-bond acceptors (Lipinski definition) is 7. The van der Waals surface area contributed by atoms with E-state index in [-0.39, 0.29) is 18.3 Å². The minimum absolute atomic E-state index is 0.140. The van der Waals surface area contributed by atoms with Crippen molar-refractivity contribution < 1.29 is 33.2 Å². The van der Waals surface area contributed by atoms with Gasteiger partial charge in [-0.3, -0.25) is 4.79 Å². The van der Waals surface area contributed by atoms with Gasteiger partial charge >= 0.3 is 5.97 Å². The molecular formula is C20H22O7. The molecule has 1 aliphatic rings. The van der Waals surface area contributed by atoms with Crippen LogP contribution in [0.1, 0.15) is 23.5 Å². The van der Waals surface area contributed by atoms with Gasteiger partial charge in [0.05, 0.1) is 42.0 Å². The first-order chi connectivity index (χ1) is 13.1. The van der Waals surface area contributed by atoms with Crippen LogP contribution >= 0.6 is 0 Å². The Kier molecular flexibility index (Phi) is 5.30. The van der Waals surface area contributed by atoms with E-state index in [1.807, 2.05) is 12.1 Å². The molecule has 0 saturated carbocycles. The second-order valence-corrected chi connectivity index (χ2v) is 5.90. The van der Waals surface area contributed by atoms with Crippen molar-refractivity contribution in [1.29, 1.82) is 0 Å². The van der Waals surface area contributed by atoms with Crippen LogP contribution in [0.3, 0.4) is 0 Å². The molecule has 27 heavy (non-hydrogen) atoms. The van der Waals surface area contributed by atoms with Gasteiger partial charge in [-0.1, -0.05) is 6.07 Å². The number of hydrogen-bond donors (Lipinski definition) is 0. The highest BCUT2D eigenvalue weighted by molar-refractivity contribution is 5.81. The summed E-state index contributed by atoms with van der Waals surface area (Å²) in [7, 11) is 7.74. The zero-order valence-electron chi connectivity index (χ0n) is 16.0. The van der Waals surface area contributed by atoms with E-state index in [0.29, 0.717) is 40.1 Å². The third-order valence-electron chi connectivity index (χ3n) is 4.59. The van der Waals surface area contributed by atoms with Crippen molar-refractivity contribution in [1.82, 2.24) is 0 Å². The van der Waals surface area contributed by atoms with Gasteiger partial charge in [-0.2, -0.15) is 0 Å². The molecule has 1 atom stereocenters. The Bertz CT molecular complexity index is 860. The van der Waals surface area contributed by atoms with Gasteiger partial charge < -0.3 is 28.4 Å². The molecule has 0 aliphatic carbocycles. The van der Waals surface area contributed by atoms with Gasteiger partial charge in [-0.05, 0) is 6.07 Å². The van der Waals surface area contributed by atoms with Crippen LogP contribution in [0.25, 0.3) is 0 Å². The maximum atomic E-state index is 12.3. The molecule has 1 heterocycles. The summed E-state index contributed by atoms with van der Waals surface area (Å²) in [6, 6.07) is 7.12. The van der Waals surface area contributed by atoms with Crippen molar-refractivity contribution in [3.05, 3.63) is 35.4 Å². The highest BCUT2D eigenvalue weighted by Gasteiger charge is 2.36. The molecule has 0 fully saturated rings. The summed E-state index contributed by atoms with van der Waals surface area (Å²) in [6.45, 7) is 0. The molecule has 3 rings (SSSR count). The van der Waals surface area contributed by atoms with Crippen LogP contribution in [-0.2, 0) is 4.79 Å². The summed E-state index contributed by atoms with van der Waals surface area (Å²) in [5.74, 6) is 2.28. The van der Waals surface area contributed by atoms with Crippen LogP contribution in [0.4, 0.5) is 0 Å². The molecule has 144 valence electrons. The van der Waals surface area contributed by atoms with Crippen LogP contribution in [0.5, 0.6) is 34.5 Å². The molecule has 0 aromatic heterocycles. The van der Waals surface area contributed by atoms with Crippen molar-refractivity contribution in [3.8, 4) is 34.5 Å². The van der Waals surface area contributed by atoms with Gasteiger partial charge in [0.15, 0.2) is 11.5 Å². The van der Waals surface area contributed by atoms with Crippen LogP contribution in [-0.4, -0.2) is 41.5 Å². The molecule has 0 spiro atoms. The highest BCUT2D eigenvalue weighted by Crippen LogP contribution is 2.53. The molecule has 2 aromatic carbocycles. The zero-order chi connectivity index (χ0) is 19.6. The van der Waals surface area contributed by atoms with Crippen LogP contribution in [0, 0.1) is 0 Å². The summed E-state index contributed by atoms with van der Waals surface area (Å²) in [5.41, 5.74) is 1.53. The Balaban J connectivity index is 2.26. The largest absolute Gasteiger partial charge is 0.497 e. The van der Waals surface area contributed by atoms with E-state index in [4.69, 9.17) is 28.4 Å². The Labute approximate surface area is 157 Å². The monoisotopic (exact) mass is 374 g/mol.